The SMILES string of the molecule is Cc1ccc(S(=O)(=O)NCC2(CCl)CCC2)cc1. The van der Waals surface area contributed by atoms with Gasteiger partial charge in [0, 0.05) is 12.4 Å². The first-order valence-corrected chi connectivity index (χ1v) is 8.12. The third kappa shape index (κ3) is 2.87. The van der Waals surface area contributed by atoms with E-state index in [0.717, 1.165) is 24.8 Å². The molecule has 1 fully saturated rings. The second-order valence-electron chi connectivity index (χ2n) is 5.12. The van der Waals surface area contributed by atoms with Gasteiger partial charge >= 0.3 is 0 Å². The van der Waals surface area contributed by atoms with E-state index in [9.17, 15) is 8.42 Å². The van der Waals surface area contributed by atoms with E-state index < -0.39 is 10.0 Å². The van der Waals surface area contributed by atoms with E-state index in [-0.39, 0.29) is 5.41 Å². The van der Waals surface area contributed by atoms with Crippen molar-refractivity contribution in [2.45, 2.75) is 31.1 Å². The quantitative estimate of drug-likeness (QED) is 0.847. The zero-order chi connectivity index (χ0) is 13.2. The van der Waals surface area contributed by atoms with Crippen LogP contribution in [0.1, 0.15) is 24.8 Å². The van der Waals surface area contributed by atoms with E-state index in [2.05, 4.69) is 4.72 Å². The monoisotopic (exact) mass is 287 g/mol. The molecule has 3 nitrogen and oxygen atoms in total. The summed E-state index contributed by atoms with van der Waals surface area (Å²) in [5.74, 6) is 0.517. The second kappa shape index (κ2) is 5.19. The average Bonchev–Trinajstić information content (AvgIpc) is 2.29. The van der Waals surface area contributed by atoms with Gasteiger partial charge in [-0.15, -0.1) is 11.6 Å². The normalized spacial score (nSPS) is 18.3. The molecule has 0 aliphatic heterocycles. The van der Waals surface area contributed by atoms with Gasteiger partial charge in [0.25, 0.3) is 0 Å². The van der Waals surface area contributed by atoms with Crippen LogP contribution in [-0.2, 0) is 10.0 Å². The summed E-state index contributed by atoms with van der Waals surface area (Å²) in [6.07, 6.45) is 3.15. The minimum absolute atomic E-state index is 0.0284. The summed E-state index contributed by atoms with van der Waals surface area (Å²) in [6, 6.07) is 6.86. The Balaban J connectivity index is 2.05. The lowest BCUT2D eigenvalue weighted by atomic mass is 9.70. The molecule has 0 atom stereocenters. The summed E-state index contributed by atoms with van der Waals surface area (Å²) in [5, 5.41) is 0. The highest BCUT2D eigenvalue weighted by Gasteiger charge is 2.37. The number of halogens is 1. The number of nitrogens with one attached hydrogen (secondary N) is 1. The van der Waals surface area contributed by atoms with Crippen LogP contribution in [0.3, 0.4) is 0 Å². The van der Waals surface area contributed by atoms with Crippen molar-refractivity contribution in [1.29, 1.82) is 0 Å². The molecular weight excluding hydrogens is 270 g/mol. The van der Waals surface area contributed by atoms with Gasteiger partial charge in [0.1, 0.15) is 0 Å². The number of rotatable bonds is 5. The largest absolute Gasteiger partial charge is 0.240 e. The Bertz CT molecular complexity index is 501. The fourth-order valence-corrected chi connectivity index (χ4v) is 3.60. The lowest BCUT2D eigenvalue weighted by Gasteiger charge is -2.40. The van der Waals surface area contributed by atoms with Crippen molar-refractivity contribution < 1.29 is 8.42 Å². The predicted octanol–water partition coefficient (Wildman–Crippen LogP) is 2.68. The number of hydrogen-bond acceptors (Lipinski definition) is 2. The Labute approximate surface area is 114 Å². The van der Waals surface area contributed by atoms with Gasteiger partial charge in [0.15, 0.2) is 0 Å². The molecule has 2 rings (SSSR count). The molecule has 1 aliphatic rings. The van der Waals surface area contributed by atoms with Crippen molar-refractivity contribution >= 4 is 21.6 Å². The molecule has 1 aromatic rings. The molecule has 0 saturated heterocycles. The summed E-state index contributed by atoms with van der Waals surface area (Å²) >= 11 is 5.92. The minimum atomic E-state index is -3.41. The van der Waals surface area contributed by atoms with Crippen LogP contribution in [0.15, 0.2) is 29.2 Å². The fourth-order valence-electron chi connectivity index (χ4n) is 2.08. The van der Waals surface area contributed by atoms with Gasteiger partial charge in [0.2, 0.25) is 10.0 Å². The summed E-state index contributed by atoms with van der Waals surface area (Å²) in [5.41, 5.74) is 1.02. The van der Waals surface area contributed by atoms with E-state index >= 15 is 0 Å². The fraction of sp³-hybridized carbons (Fsp3) is 0.538. The van der Waals surface area contributed by atoms with Gasteiger partial charge in [-0.2, -0.15) is 0 Å². The van der Waals surface area contributed by atoms with E-state index in [1.165, 1.54) is 0 Å². The number of hydrogen-bond donors (Lipinski definition) is 1. The highest BCUT2D eigenvalue weighted by Crippen LogP contribution is 2.41. The Kier molecular flexibility index (Phi) is 3.99. The van der Waals surface area contributed by atoms with E-state index in [1.807, 2.05) is 6.92 Å². The molecule has 1 saturated carbocycles. The van der Waals surface area contributed by atoms with E-state index in [1.54, 1.807) is 24.3 Å². The molecule has 0 spiro atoms. The van der Waals surface area contributed by atoms with Crippen LogP contribution < -0.4 is 4.72 Å². The predicted molar refractivity (Wildman–Crippen MR) is 73.4 cm³/mol. The first-order valence-electron chi connectivity index (χ1n) is 6.10. The molecule has 0 radical (unpaired) electrons. The zero-order valence-electron chi connectivity index (χ0n) is 10.4. The molecule has 0 bridgehead atoms. The van der Waals surface area contributed by atoms with Gasteiger partial charge in [-0.05, 0) is 37.3 Å². The molecule has 1 aliphatic carbocycles. The first kappa shape index (κ1) is 13.8. The maximum atomic E-state index is 12.1. The number of aryl methyl sites for hydroxylation is 1. The second-order valence-corrected chi connectivity index (χ2v) is 7.16. The Morgan fingerprint density at radius 2 is 1.89 bits per heavy atom. The lowest BCUT2D eigenvalue weighted by Crippen LogP contribution is -2.43. The van der Waals surface area contributed by atoms with Crippen LogP contribution in [0.5, 0.6) is 0 Å². The molecule has 0 aromatic heterocycles. The highest BCUT2D eigenvalue weighted by atomic mass is 35.5. The Morgan fingerprint density at radius 1 is 1.28 bits per heavy atom. The molecule has 0 heterocycles. The van der Waals surface area contributed by atoms with Gasteiger partial charge in [-0.3, -0.25) is 0 Å². The van der Waals surface area contributed by atoms with E-state index in [0.29, 0.717) is 17.3 Å². The summed E-state index contributed by atoms with van der Waals surface area (Å²) in [6.45, 7) is 2.37. The average molecular weight is 288 g/mol. The van der Waals surface area contributed by atoms with Crippen LogP contribution in [0, 0.1) is 12.3 Å². The van der Waals surface area contributed by atoms with Crippen molar-refractivity contribution in [3.05, 3.63) is 29.8 Å². The first-order chi connectivity index (χ1) is 8.47. The number of alkyl halides is 1. The van der Waals surface area contributed by atoms with Crippen LogP contribution in [0.4, 0.5) is 0 Å². The van der Waals surface area contributed by atoms with Crippen molar-refractivity contribution in [1.82, 2.24) is 4.72 Å². The van der Waals surface area contributed by atoms with Crippen LogP contribution in [-0.4, -0.2) is 20.8 Å². The van der Waals surface area contributed by atoms with Crippen molar-refractivity contribution in [2.75, 3.05) is 12.4 Å². The van der Waals surface area contributed by atoms with Gasteiger partial charge in [-0.1, -0.05) is 24.1 Å². The molecule has 0 unspecified atom stereocenters. The molecular formula is C13H18ClNO2S. The molecule has 1 aromatic carbocycles. The van der Waals surface area contributed by atoms with Crippen LogP contribution >= 0.6 is 11.6 Å². The van der Waals surface area contributed by atoms with Gasteiger partial charge < -0.3 is 0 Å². The summed E-state index contributed by atoms with van der Waals surface area (Å²) < 4.78 is 26.9. The topological polar surface area (TPSA) is 46.2 Å². The third-order valence-electron chi connectivity index (χ3n) is 3.67. The highest BCUT2D eigenvalue weighted by molar-refractivity contribution is 7.89. The van der Waals surface area contributed by atoms with Gasteiger partial charge in [-0.25, -0.2) is 13.1 Å². The molecule has 100 valence electrons. The minimum Gasteiger partial charge on any atom is -0.211 e. The Morgan fingerprint density at radius 3 is 2.33 bits per heavy atom. The van der Waals surface area contributed by atoms with Crippen LogP contribution in [0.2, 0.25) is 0 Å². The van der Waals surface area contributed by atoms with Crippen molar-refractivity contribution in [2.24, 2.45) is 5.41 Å². The maximum absolute atomic E-state index is 12.1. The number of benzene rings is 1. The molecule has 0 amide bonds. The van der Waals surface area contributed by atoms with Crippen LogP contribution in [0.25, 0.3) is 0 Å². The standard InChI is InChI=1S/C13H18ClNO2S/c1-11-3-5-12(6-4-11)18(16,17)15-10-13(9-14)7-2-8-13/h3-6,15H,2,7-10H2,1H3. The third-order valence-corrected chi connectivity index (χ3v) is 5.65. The lowest BCUT2D eigenvalue weighted by molar-refractivity contribution is 0.171. The Hall–Kier alpha value is -0.580. The van der Waals surface area contributed by atoms with Crippen molar-refractivity contribution in [3.63, 3.8) is 0 Å². The molecule has 18 heavy (non-hydrogen) atoms. The smallest absolute Gasteiger partial charge is 0.211 e. The summed E-state index contributed by atoms with van der Waals surface area (Å²) in [7, 11) is -3.41. The number of sulfonamides is 1. The maximum Gasteiger partial charge on any atom is 0.240 e. The van der Waals surface area contributed by atoms with Gasteiger partial charge in [0.05, 0.1) is 4.90 Å². The van der Waals surface area contributed by atoms with Crippen molar-refractivity contribution in [3.8, 4) is 0 Å². The summed E-state index contributed by atoms with van der Waals surface area (Å²) in [4.78, 5) is 0.317. The van der Waals surface area contributed by atoms with E-state index in [4.69, 9.17) is 11.6 Å². The molecule has 5 heteroatoms. The zero-order valence-corrected chi connectivity index (χ0v) is 12.0. The molecule has 1 N–H and O–H groups in total.